The highest BCUT2D eigenvalue weighted by atomic mass is 16.6. The number of carbonyl (C=O) groups is 3. The van der Waals surface area contributed by atoms with Gasteiger partial charge in [-0.2, -0.15) is 0 Å². The van der Waals surface area contributed by atoms with Crippen molar-refractivity contribution >= 4 is 17.9 Å². The highest BCUT2D eigenvalue weighted by Crippen LogP contribution is 2.14. The summed E-state index contributed by atoms with van der Waals surface area (Å²) in [6.07, 6.45) is 41.8. The van der Waals surface area contributed by atoms with E-state index in [1.165, 1.54) is 109 Å². The summed E-state index contributed by atoms with van der Waals surface area (Å²) in [5.74, 6) is -0.891. The Kier molecular flexibility index (Phi) is 38.0. The van der Waals surface area contributed by atoms with Crippen molar-refractivity contribution in [2.24, 2.45) is 0 Å². The third-order valence-electron chi connectivity index (χ3n) is 9.21. The molecule has 0 aliphatic rings. The van der Waals surface area contributed by atoms with Crippen molar-refractivity contribution < 1.29 is 28.6 Å². The molecule has 6 heteroatoms. The molecular formula is C44H80O6. The Hall–Kier alpha value is -2.11. The Bertz CT molecular complexity index is 819. The third kappa shape index (κ3) is 37.2. The van der Waals surface area contributed by atoms with Gasteiger partial charge in [-0.05, 0) is 51.4 Å². The predicted molar refractivity (Wildman–Crippen MR) is 210 cm³/mol. The largest absolute Gasteiger partial charge is 0.462 e. The number of ether oxygens (including phenoxy) is 3. The van der Waals surface area contributed by atoms with Gasteiger partial charge >= 0.3 is 17.9 Å². The Morgan fingerprint density at radius 2 is 0.720 bits per heavy atom. The lowest BCUT2D eigenvalue weighted by molar-refractivity contribution is -0.167. The molecule has 0 saturated heterocycles. The van der Waals surface area contributed by atoms with Gasteiger partial charge in [0.1, 0.15) is 13.2 Å². The molecule has 0 aliphatic carbocycles. The van der Waals surface area contributed by atoms with E-state index in [-0.39, 0.29) is 31.1 Å². The molecule has 292 valence electrons. The van der Waals surface area contributed by atoms with Crippen molar-refractivity contribution in [1.82, 2.24) is 0 Å². The average Bonchev–Trinajstić information content (AvgIpc) is 3.11. The fourth-order valence-electron chi connectivity index (χ4n) is 5.94. The Morgan fingerprint density at radius 3 is 1.14 bits per heavy atom. The van der Waals surface area contributed by atoms with Crippen LogP contribution in [0.3, 0.4) is 0 Å². The molecule has 0 aliphatic heterocycles. The number of hydrogen-bond acceptors (Lipinski definition) is 6. The zero-order valence-electron chi connectivity index (χ0n) is 33.2. The van der Waals surface area contributed by atoms with Crippen molar-refractivity contribution in [3.05, 3.63) is 24.3 Å². The normalized spacial score (nSPS) is 12.1. The molecule has 0 saturated carbocycles. The van der Waals surface area contributed by atoms with Crippen LogP contribution >= 0.6 is 0 Å². The molecule has 0 aromatic rings. The Balaban J connectivity index is 4.23. The van der Waals surface area contributed by atoms with Crippen molar-refractivity contribution in [3.63, 3.8) is 0 Å². The van der Waals surface area contributed by atoms with Crippen molar-refractivity contribution in [3.8, 4) is 0 Å². The molecule has 6 nitrogen and oxygen atoms in total. The van der Waals surface area contributed by atoms with E-state index in [0.29, 0.717) is 19.3 Å². The fraction of sp³-hybridized carbons (Fsp3) is 0.841. The summed E-state index contributed by atoms with van der Waals surface area (Å²) in [4.78, 5) is 37.4. The summed E-state index contributed by atoms with van der Waals surface area (Å²) < 4.78 is 16.6. The summed E-state index contributed by atoms with van der Waals surface area (Å²) in [6.45, 7) is 6.52. The quantitative estimate of drug-likeness (QED) is 0.0275. The first-order chi connectivity index (χ1) is 24.5. The zero-order chi connectivity index (χ0) is 36.6. The first-order valence-corrected chi connectivity index (χ1v) is 21.3. The highest BCUT2D eigenvalue weighted by molar-refractivity contribution is 5.71. The third-order valence-corrected chi connectivity index (χ3v) is 9.21. The van der Waals surface area contributed by atoms with Gasteiger partial charge < -0.3 is 14.2 Å². The second-order valence-electron chi connectivity index (χ2n) is 14.3. The topological polar surface area (TPSA) is 78.9 Å². The lowest BCUT2D eigenvalue weighted by Gasteiger charge is -2.18. The molecule has 1 atom stereocenters. The maximum atomic E-state index is 12.6. The summed E-state index contributed by atoms with van der Waals surface area (Å²) in [6, 6.07) is 0. The highest BCUT2D eigenvalue weighted by Gasteiger charge is 2.19. The standard InChI is InChI=1S/C44H80O6/c1-4-7-10-13-16-18-19-20-21-22-23-24-25-27-28-31-34-37-43(46)49-40-41(39-48-42(45)36-33-30-15-12-9-6-3)50-44(47)38-35-32-29-26-17-14-11-8-5-2/h16,18,20-21,41H,4-15,17,19,22-40H2,1-3H3/b18-16-,21-20-. The number of unbranched alkanes of at least 4 members (excludes halogenated alkanes) is 23. The molecule has 0 amide bonds. The minimum Gasteiger partial charge on any atom is -0.462 e. The van der Waals surface area contributed by atoms with Gasteiger partial charge in [-0.15, -0.1) is 0 Å². The van der Waals surface area contributed by atoms with E-state index >= 15 is 0 Å². The number of rotatable bonds is 38. The summed E-state index contributed by atoms with van der Waals surface area (Å²) in [7, 11) is 0. The maximum Gasteiger partial charge on any atom is 0.306 e. The van der Waals surface area contributed by atoms with Crippen LogP contribution in [0.15, 0.2) is 24.3 Å². The molecule has 1 unspecified atom stereocenters. The van der Waals surface area contributed by atoms with Crippen LogP contribution in [0.25, 0.3) is 0 Å². The van der Waals surface area contributed by atoms with Crippen LogP contribution in [0, 0.1) is 0 Å². The van der Waals surface area contributed by atoms with Crippen LogP contribution < -0.4 is 0 Å². The lowest BCUT2D eigenvalue weighted by atomic mass is 10.1. The molecule has 0 fully saturated rings. The van der Waals surface area contributed by atoms with Gasteiger partial charge in [-0.1, -0.05) is 173 Å². The molecule has 0 N–H and O–H groups in total. The molecule has 0 aromatic heterocycles. The van der Waals surface area contributed by atoms with Crippen LogP contribution in [-0.4, -0.2) is 37.2 Å². The van der Waals surface area contributed by atoms with E-state index in [1.807, 2.05) is 0 Å². The number of allylic oxidation sites excluding steroid dienone is 4. The van der Waals surface area contributed by atoms with Crippen LogP contribution in [0.2, 0.25) is 0 Å². The SMILES string of the molecule is CCCCC/C=C\C/C=C\CCCCCCCCCC(=O)OCC(COC(=O)CCCCCCCC)OC(=O)CCCCCCCCCCC. The summed E-state index contributed by atoms with van der Waals surface area (Å²) >= 11 is 0. The van der Waals surface area contributed by atoms with Gasteiger partial charge in [-0.25, -0.2) is 0 Å². The van der Waals surface area contributed by atoms with Gasteiger partial charge in [0.2, 0.25) is 0 Å². The summed E-state index contributed by atoms with van der Waals surface area (Å²) in [5.41, 5.74) is 0. The smallest absolute Gasteiger partial charge is 0.306 e. The van der Waals surface area contributed by atoms with Crippen LogP contribution in [0.1, 0.15) is 220 Å². The van der Waals surface area contributed by atoms with Crippen LogP contribution in [0.4, 0.5) is 0 Å². The second kappa shape index (κ2) is 39.7. The Labute approximate surface area is 309 Å². The average molecular weight is 705 g/mol. The predicted octanol–water partition coefficient (Wildman–Crippen LogP) is 13.2. The van der Waals surface area contributed by atoms with Crippen LogP contribution in [-0.2, 0) is 28.6 Å². The molecule has 0 heterocycles. The lowest BCUT2D eigenvalue weighted by Crippen LogP contribution is -2.30. The van der Waals surface area contributed by atoms with E-state index in [0.717, 1.165) is 70.6 Å². The molecule has 0 spiro atoms. The molecule has 0 aromatic carbocycles. The second-order valence-corrected chi connectivity index (χ2v) is 14.3. The van der Waals surface area contributed by atoms with Gasteiger partial charge in [0.15, 0.2) is 6.10 Å². The molecule has 50 heavy (non-hydrogen) atoms. The van der Waals surface area contributed by atoms with Gasteiger partial charge in [0.25, 0.3) is 0 Å². The van der Waals surface area contributed by atoms with Crippen molar-refractivity contribution in [2.45, 2.75) is 226 Å². The van der Waals surface area contributed by atoms with Gasteiger partial charge in [0, 0.05) is 19.3 Å². The number of hydrogen-bond donors (Lipinski definition) is 0. The minimum absolute atomic E-state index is 0.0720. The Morgan fingerprint density at radius 1 is 0.400 bits per heavy atom. The van der Waals surface area contributed by atoms with E-state index in [1.54, 1.807) is 0 Å². The number of esters is 3. The monoisotopic (exact) mass is 705 g/mol. The summed E-state index contributed by atoms with van der Waals surface area (Å²) in [5, 5.41) is 0. The van der Waals surface area contributed by atoms with E-state index < -0.39 is 6.10 Å². The van der Waals surface area contributed by atoms with Crippen molar-refractivity contribution in [1.29, 1.82) is 0 Å². The molecule has 0 radical (unpaired) electrons. The molecule has 0 bridgehead atoms. The zero-order valence-corrected chi connectivity index (χ0v) is 33.2. The van der Waals surface area contributed by atoms with E-state index in [9.17, 15) is 14.4 Å². The van der Waals surface area contributed by atoms with E-state index in [4.69, 9.17) is 14.2 Å². The molecule has 0 rings (SSSR count). The first kappa shape index (κ1) is 47.9. The maximum absolute atomic E-state index is 12.6. The number of carbonyl (C=O) groups excluding carboxylic acids is 3. The van der Waals surface area contributed by atoms with Gasteiger partial charge in [0.05, 0.1) is 0 Å². The van der Waals surface area contributed by atoms with E-state index in [2.05, 4.69) is 45.1 Å². The fourth-order valence-corrected chi connectivity index (χ4v) is 5.94. The van der Waals surface area contributed by atoms with Crippen LogP contribution in [0.5, 0.6) is 0 Å². The van der Waals surface area contributed by atoms with Crippen molar-refractivity contribution in [2.75, 3.05) is 13.2 Å². The molecular weight excluding hydrogens is 624 g/mol. The minimum atomic E-state index is -0.764. The first-order valence-electron chi connectivity index (χ1n) is 21.3. The van der Waals surface area contributed by atoms with Gasteiger partial charge in [-0.3, -0.25) is 14.4 Å².